The molecule has 2 aromatic carbocycles. The Morgan fingerprint density at radius 3 is 2.36 bits per heavy atom. The first-order chi connectivity index (χ1) is 13.1. The van der Waals surface area contributed by atoms with Crippen molar-refractivity contribution in [2.45, 2.75) is 18.3 Å². The molecule has 2 N–H and O–H groups in total. The molecule has 10 heteroatoms. The van der Waals surface area contributed by atoms with Gasteiger partial charge in [0.1, 0.15) is 0 Å². The topological polar surface area (TPSA) is 67.4 Å². The second-order valence-electron chi connectivity index (χ2n) is 6.01. The van der Waals surface area contributed by atoms with Crippen molar-refractivity contribution in [1.29, 1.82) is 0 Å². The van der Waals surface area contributed by atoms with Crippen molar-refractivity contribution >= 4 is 35.2 Å². The summed E-state index contributed by atoms with van der Waals surface area (Å²) >= 11 is 11.6. The van der Waals surface area contributed by atoms with E-state index in [9.17, 15) is 22.8 Å². The number of amides is 2. The summed E-state index contributed by atoms with van der Waals surface area (Å²) in [5.74, 6) is -0.651. The van der Waals surface area contributed by atoms with Crippen LogP contribution in [0.1, 0.15) is 22.7 Å². The Morgan fingerprint density at radius 2 is 1.79 bits per heavy atom. The third-order valence-corrected chi connectivity index (χ3v) is 4.67. The number of alkyl carbamates (subject to hydrolysis) is 1. The second-order valence-corrected chi connectivity index (χ2v) is 6.85. The van der Waals surface area contributed by atoms with E-state index < -0.39 is 40.9 Å². The van der Waals surface area contributed by atoms with E-state index >= 15 is 0 Å². The number of hydrogen-bond acceptors (Lipinski definition) is 3. The minimum atomic E-state index is -4.66. The summed E-state index contributed by atoms with van der Waals surface area (Å²) in [5.41, 5.74) is -0.371. The number of cyclic esters (lactones) is 1. The highest BCUT2D eigenvalue weighted by molar-refractivity contribution is 6.31. The third-order valence-electron chi connectivity index (χ3n) is 4.09. The molecule has 2 amide bonds. The van der Waals surface area contributed by atoms with Crippen LogP contribution in [-0.2, 0) is 15.7 Å². The van der Waals surface area contributed by atoms with Gasteiger partial charge < -0.3 is 15.4 Å². The van der Waals surface area contributed by atoms with Gasteiger partial charge in [0.05, 0.1) is 23.2 Å². The molecule has 1 saturated heterocycles. The summed E-state index contributed by atoms with van der Waals surface area (Å²) in [6.07, 6.45) is -6.49. The Hall–Kier alpha value is -2.45. The van der Waals surface area contributed by atoms with Gasteiger partial charge in [0.2, 0.25) is 0 Å². The summed E-state index contributed by atoms with van der Waals surface area (Å²) in [5, 5.41) is 4.93. The van der Waals surface area contributed by atoms with Crippen LogP contribution in [0.5, 0.6) is 0 Å². The predicted molar refractivity (Wildman–Crippen MR) is 96.2 cm³/mol. The Kier molecular flexibility index (Phi) is 5.71. The first-order valence-electron chi connectivity index (χ1n) is 8.02. The molecule has 1 aliphatic rings. The maximum absolute atomic E-state index is 13.2. The van der Waals surface area contributed by atoms with Gasteiger partial charge in [-0.25, -0.2) is 4.79 Å². The van der Waals surface area contributed by atoms with Crippen LogP contribution in [0.3, 0.4) is 0 Å². The van der Waals surface area contributed by atoms with Crippen LogP contribution in [0.4, 0.5) is 18.0 Å². The predicted octanol–water partition coefficient (Wildman–Crippen LogP) is 4.33. The highest BCUT2D eigenvalue weighted by Gasteiger charge is 2.35. The Morgan fingerprint density at radius 1 is 1.14 bits per heavy atom. The number of carbonyl (C=O) groups excluding carboxylic acids is 2. The quantitative estimate of drug-likeness (QED) is 0.755. The number of benzene rings is 2. The molecule has 5 nitrogen and oxygen atoms in total. The average Bonchev–Trinajstić information content (AvgIpc) is 3.07. The molecule has 3 rings (SSSR count). The summed E-state index contributed by atoms with van der Waals surface area (Å²) in [6, 6.07) is 8.69. The van der Waals surface area contributed by atoms with Crippen LogP contribution >= 0.6 is 23.2 Å². The molecule has 0 aliphatic carbocycles. The van der Waals surface area contributed by atoms with Gasteiger partial charge in [0.15, 0.2) is 6.10 Å². The molecule has 1 heterocycles. The van der Waals surface area contributed by atoms with Crippen LogP contribution in [0.2, 0.25) is 10.0 Å². The zero-order valence-corrected chi connectivity index (χ0v) is 15.5. The maximum atomic E-state index is 13.2. The van der Waals surface area contributed by atoms with E-state index in [4.69, 9.17) is 27.9 Å². The van der Waals surface area contributed by atoms with Gasteiger partial charge in [-0.05, 0) is 35.4 Å². The highest BCUT2D eigenvalue weighted by atomic mass is 35.5. The molecule has 0 aromatic heterocycles. The fourth-order valence-corrected chi connectivity index (χ4v) is 3.07. The van der Waals surface area contributed by atoms with Crippen molar-refractivity contribution in [2.75, 3.05) is 6.54 Å². The first-order valence-corrected chi connectivity index (χ1v) is 8.77. The van der Waals surface area contributed by atoms with Gasteiger partial charge in [0.25, 0.3) is 5.91 Å². The number of alkyl halides is 3. The molecule has 1 fully saturated rings. The van der Waals surface area contributed by atoms with E-state index in [0.717, 1.165) is 12.1 Å². The number of rotatable bonds is 4. The van der Waals surface area contributed by atoms with Crippen molar-refractivity contribution in [1.82, 2.24) is 10.6 Å². The molecular formula is C18H13Cl2F3N2O3. The number of halogens is 5. The second kappa shape index (κ2) is 7.89. The van der Waals surface area contributed by atoms with Gasteiger partial charge in [-0.15, -0.1) is 0 Å². The van der Waals surface area contributed by atoms with E-state index in [1.165, 1.54) is 6.07 Å². The molecule has 2 aromatic rings. The third kappa shape index (κ3) is 4.51. The highest BCUT2D eigenvalue weighted by Crippen LogP contribution is 2.37. The van der Waals surface area contributed by atoms with E-state index in [-0.39, 0.29) is 12.1 Å². The lowest BCUT2D eigenvalue weighted by Crippen LogP contribution is -2.39. The van der Waals surface area contributed by atoms with Crippen molar-refractivity contribution < 1.29 is 27.5 Å². The minimum Gasteiger partial charge on any atom is -0.434 e. The van der Waals surface area contributed by atoms with Crippen molar-refractivity contribution in [2.24, 2.45) is 0 Å². The largest absolute Gasteiger partial charge is 0.434 e. The average molecular weight is 433 g/mol. The lowest BCUT2D eigenvalue weighted by Gasteiger charge is -2.22. The van der Waals surface area contributed by atoms with Gasteiger partial charge in [-0.2, -0.15) is 13.2 Å². The van der Waals surface area contributed by atoms with Crippen molar-refractivity contribution in [3.8, 4) is 0 Å². The first kappa shape index (κ1) is 20.3. The minimum absolute atomic E-state index is 0.0353. The van der Waals surface area contributed by atoms with Crippen LogP contribution in [0.15, 0.2) is 42.5 Å². The van der Waals surface area contributed by atoms with E-state index in [2.05, 4.69) is 10.6 Å². The fraction of sp³-hybridized carbons (Fsp3) is 0.222. The molecule has 148 valence electrons. The van der Waals surface area contributed by atoms with Crippen LogP contribution < -0.4 is 10.6 Å². The summed E-state index contributed by atoms with van der Waals surface area (Å²) in [4.78, 5) is 23.6. The Balaban J connectivity index is 1.98. The van der Waals surface area contributed by atoms with Crippen LogP contribution in [0, 0.1) is 0 Å². The summed E-state index contributed by atoms with van der Waals surface area (Å²) in [7, 11) is 0. The number of nitrogens with one attached hydrogen (secondary N) is 2. The molecule has 1 unspecified atom stereocenters. The number of ether oxygens (including phenoxy) is 1. The van der Waals surface area contributed by atoms with Crippen LogP contribution in [-0.4, -0.2) is 24.6 Å². The molecular weight excluding hydrogens is 420 g/mol. The van der Waals surface area contributed by atoms with Crippen molar-refractivity contribution in [3.63, 3.8) is 0 Å². The fourth-order valence-electron chi connectivity index (χ4n) is 2.72. The van der Waals surface area contributed by atoms with Gasteiger partial charge in [0, 0.05) is 5.02 Å². The van der Waals surface area contributed by atoms with Gasteiger partial charge >= 0.3 is 12.3 Å². The lowest BCUT2D eigenvalue weighted by molar-refractivity contribution is -0.137. The summed E-state index contributed by atoms with van der Waals surface area (Å²) < 4.78 is 44.6. The molecule has 2 atom stereocenters. The molecule has 28 heavy (non-hydrogen) atoms. The smallest absolute Gasteiger partial charge is 0.417 e. The standard InChI is InChI=1S/C18H13Cl2F3N2O3/c19-11-4-1-9(2-5-11)15(25-16(26)14-8-24-17(27)28-14)10-3-6-13(20)12(7-10)18(21,22)23/h1-7,14-15H,8H2,(H,24,27)(H,25,26)/t14-,15?/m0/s1. The van der Waals surface area contributed by atoms with E-state index in [1.54, 1.807) is 24.3 Å². The van der Waals surface area contributed by atoms with Gasteiger partial charge in [-0.3, -0.25) is 4.79 Å². The van der Waals surface area contributed by atoms with Gasteiger partial charge in [-0.1, -0.05) is 41.4 Å². The monoisotopic (exact) mass is 432 g/mol. The van der Waals surface area contributed by atoms with Crippen molar-refractivity contribution in [3.05, 3.63) is 69.2 Å². The van der Waals surface area contributed by atoms with E-state index in [0.29, 0.717) is 10.6 Å². The Bertz CT molecular complexity index is 904. The lowest BCUT2D eigenvalue weighted by atomic mass is 9.96. The molecule has 1 aliphatic heterocycles. The Labute approximate surface area is 167 Å². The molecule has 0 bridgehead atoms. The molecule has 0 saturated carbocycles. The zero-order chi connectivity index (χ0) is 20.5. The van der Waals surface area contributed by atoms with Crippen LogP contribution in [0.25, 0.3) is 0 Å². The normalized spacial score (nSPS) is 17.6. The number of hydrogen-bond donors (Lipinski definition) is 2. The zero-order valence-electron chi connectivity index (χ0n) is 14.0. The molecule has 0 spiro atoms. The summed E-state index contributed by atoms with van der Waals surface area (Å²) in [6.45, 7) is -0.0353. The van der Waals surface area contributed by atoms with E-state index in [1.807, 2.05) is 0 Å². The molecule has 0 radical (unpaired) electrons. The SMILES string of the molecule is O=C1NC[C@@H](C(=O)NC(c2ccc(Cl)cc2)c2ccc(Cl)c(C(F)(F)F)c2)O1. The number of carbonyl (C=O) groups is 2. The maximum Gasteiger partial charge on any atom is 0.417 e.